The molecule has 0 aliphatic heterocycles. The number of carbonyl (C=O) groups is 2. The molecule has 1 rings (SSSR count). The van der Waals surface area contributed by atoms with E-state index in [0.717, 1.165) is 12.8 Å². The van der Waals surface area contributed by atoms with Crippen molar-refractivity contribution in [3.05, 3.63) is 12.2 Å². The molecule has 90 valence electrons. The fourth-order valence-electron chi connectivity index (χ4n) is 1.90. The smallest absolute Gasteiger partial charge is 0.307 e. The van der Waals surface area contributed by atoms with Crippen LogP contribution in [0.15, 0.2) is 12.2 Å². The molecule has 0 aromatic heterocycles. The van der Waals surface area contributed by atoms with Crippen molar-refractivity contribution < 1.29 is 14.7 Å². The van der Waals surface area contributed by atoms with Crippen LogP contribution in [-0.2, 0) is 9.59 Å². The highest BCUT2D eigenvalue weighted by molar-refractivity contribution is 5.85. The standard InChI is InChI=1S/C12H19NO3/c1-2-3-8-13-11(14)9-6-4-5-7-10(9)12(15)16/h4-5,9-10H,2-3,6-8H2,1H3,(H,13,14)(H,15,16)/t9-,10+/m1/s1. The molecular weight excluding hydrogens is 206 g/mol. The van der Waals surface area contributed by atoms with Gasteiger partial charge in [-0.15, -0.1) is 0 Å². The zero-order valence-corrected chi connectivity index (χ0v) is 9.61. The first-order valence-corrected chi connectivity index (χ1v) is 5.82. The highest BCUT2D eigenvalue weighted by Gasteiger charge is 2.33. The molecule has 16 heavy (non-hydrogen) atoms. The molecule has 0 aromatic rings. The van der Waals surface area contributed by atoms with Gasteiger partial charge in [0, 0.05) is 6.54 Å². The van der Waals surface area contributed by atoms with Gasteiger partial charge in [0.05, 0.1) is 11.8 Å². The lowest BCUT2D eigenvalue weighted by Gasteiger charge is -2.24. The van der Waals surface area contributed by atoms with Crippen LogP contribution in [-0.4, -0.2) is 23.5 Å². The summed E-state index contributed by atoms with van der Waals surface area (Å²) in [7, 11) is 0. The average Bonchev–Trinajstić information content (AvgIpc) is 2.29. The number of unbranched alkanes of at least 4 members (excludes halogenated alkanes) is 1. The summed E-state index contributed by atoms with van der Waals surface area (Å²) < 4.78 is 0. The monoisotopic (exact) mass is 225 g/mol. The molecule has 4 heteroatoms. The molecule has 2 atom stereocenters. The topological polar surface area (TPSA) is 66.4 Å². The molecule has 1 aliphatic rings. The van der Waals surface area contributed by atoms with Crippen molar-refractivity contribution in [1.82, 2.24) is 5.32 Å². The lowest BCUT2D eigenvalue weighted by molar-refractivity contribution is -0.147. The van der Waals surface area contributed by atoms with E-state index in [1.165, 1.54) is 0 Å². The number of aliphatic carboxylic acids is 1. The Kier molecular flexibility index (Phi) is 5.02. The molecule has 0 unspecified atom stereocenters. The summed E-state index contributed by atoms with van der Waals surface area (Å²) in [6, 6.07) is 0. The van der Waals surface area contributed by atoms with Crippen LogP contribution >= 0.6 is 0 Å². The summed E-state index contributed by atoms with van der Waals surface area (Å²) >= 11 is 0. The molecule has 0 saturated carbocycles. The molecule has 1 aliphatic carbocycles. The summed E-state index contributed by atoms with van der Waals surface area (Å²) in [6.45, 7) is 2.69. The Morgan fingerprint density at radius 2 is 1.94 bits per heavy atom. The first kappa shape index (κ1) is 12.7. The van der Waals surface area contributed by atoms with Crippen LogP contribution in [0.25, 0.3) is 0 Å². The first-order valence-electron chi connectivity index (χ1n) is 5.82. The van der Waals surface area contributed by atoms with Gasteiger partial charge in [-0.3, -0.25) is 9.59 Å². The van der Waals surface area contributed by atoms with Gasteiger partial charge in [-0.05, 0) is 19.3 Å². The maximum atomic E-state index is 11.8. The molecule has 0 spiro atoms. The van der Waals surface area contributed by atoms with Crippen LogP contribution < -0.4 is 5.32 Å². The van der Waals surface area contributed by atoms with Crippen LogP contribution in [0.5, 0.6) is 0 Å². The van der Waals surface area contributed by atoms with Gasteiger partial charge in [0.2, 0.25) is 5.91 Å². The van der Waals surface area contributed by atoms with Crippen molar-refractivity contribution in [2.75, 3.05) is 6.54 Å². The zero-order valence-electron chi connectivity index (χ0n) is 9.61. The van der Waals surface area contributed by atoms with Crippen molar-refractivity contribution in [3.63, 3.8) is 0 Å². The second-order valence-corrected chi connectivity index (χ2v) is 4.14. The van der Waals surface area contributed by atoms with Gasteiger partial charge >= 0.3 is 5.97 Å². The van der Waals surface area contributed by atoms with E-state index >= 15 is 0 Å². The van der Waals surface area contributed by atoms with Gasteiger partial charge < -0.3 is 10.4 Å². The van der Waals surface area contributed by atoms with Crippen molar-refractivity contribution in [1.29, 1.82) is 0 Å². The number of carbonyl (C=O) groups excluding carboxylic acids is 1. The van der Waals surface area contributed by atoms with Gasteiger partial charge in [0.15, 0.2) is 0 Å². The third-order valence-corrected chi connectivity index (χ3v) is 2.92. The number of rotatable bonds is 5. The Hall–Kier alpha value is -1.32. The quantitative estimate of drug-likeness (QED) is 0.551. The molecular formula is C12H19NO3. The molecule has 2 N–H and O–H groups in total. The van der Waals surface area contributed by atoms with Crippen molar-refractivity contribution in [3.8, 4) is 0 Å². The molecule has 0 fully saturated rings. The van der Waals surface area contributed by atoms with Crippen LogP contribution in [0, 0.1) is 11.8 Å². The maximum Gasteiger partial charge on any atom is 0.307 e. The third kappa shape index (κ3) is 3.36. The first-order chi connectivity index (χ1) is 7.66. The lowest BCUT2D eigenvalue weighted by Crippen LogP contribution is -2.39. The van der Waals surface area contributed by atoms with E-state index in [1.807, 2.05) is 12.2 Å². The molecule has 0 radical (unpaired) electrons. The van der Waals surface area contributed by atoms with E-state index < -0.39 is 17.8 Å². The highest BCUT2D eigenvalue weighted by Crippen LogP contribution is 2.25. The number of amides is 1. The molecule has 0 heterocycles. The van der Waals surface area contributed by atoms with E-state index in [0.29, 0.717) is 19.4 Å². The van der Waals surface area contributed by atoms with Crippen molar-refractivity contribution in [2.24, 2.45) is 11.8 Å². The van der Waals surface area contributed by atoms with Crippen LogP contribution in [0.1, 0.15) is 32.6 Å². The Morgan fingerprint density at radius 1 is 1.31 bits per heavy atom. The molecule has 0 bridgehead atoms. The number of allylic oxidation sites excluding steroid dienone is 2. The SMILES string of the molecule is CCCCNC(=O)[C@@H]1CC=CC[C@@H]1C(=O)O. The van der Waals surface area contributed by atoms with Crippen molar-refractivity contribution in [2.45, 2.75) is 32.6 Å². The largest absolute Gasteiger partial charge is 0.481 e. The predicted molar refractivity (Wildman–Crippen MR) is 60.9 cm³/mol. The molecule has 4 nitrogen and oxygen atoms in total. The van der Waals surface area contributed by atoms with E-state index in [9.17, 15) is 9.59 Å². The van der Waals surface area contributed by atoms with Gasteiger partial charge in [-0.2, -0.15) is 0 Å². The van der Waals surface area contributed by atoms with E-state index in [4.69, 9.17) is 5.11 Å². The number of carboxylic acid groups (broad SMARTS) is 1. The average molecular weight is 225 g/mol. The fraction of sp³-hybridized carbons (Fsp3) is 0.667. The second-order valence-electron chi connectivity index (χ2n) is 4.14. The second kappa shape index (κ2) is 6.30. The Morgan fingerprint density at radius 3 is 2.50 bits per heavy atom. The lowest BCUT2D eigenvalue weighted by atomic mass is 9.82. The fourth-order valence-corrected chi connectivity index (χ4v) is 1.90. The van der Waals surface area contributed by atoms with Crippen LogP contribution in [0.4, 0.5) is 0 Å². The summed E-state index contributed by atoms with van der Waals surface area (Å²) in [5.41, 5.74) is 0. The summed E-state index contributed by atoms with van der Waals surface area (Å²) in [6.07, 6.45) is 6.69. The van der Waals surface area contributed by atoms with Crippen molar-refractivity contribution >= 4 is 11.9 Å². The zero-order chi connectivity index (χ0) is 12.0. The van der Waals surface area contributed by atoms with E-state index in [2.05, 4.69) is 12.2 Å². The Bertz CT molecular complexity index is 286. The van der Waals surface area contributed by atoms with Gasteiger partial charge in [0.1, 0.15) is 0 Å². The van der Waals surface area contributed by atoms with Gasteiger partial charge in [-0.1, -0.05) is 25.5 Å². The number of hydrogen-bond donors (Lipinski definition) is 2. The summed E-state index contributed by atoms with van der Waals surface area (Å²) in [5, 5.41) is 11.8. The van der Waals surface area contributed by atoms with E-state index in [1.54, 1.807) is 0 Å². The number of nitrogens with one attached hydrogen (secondary N) is 1. The summed E-state index contributed by atoms with van der Waals surface area (Å²) in [5.74, 6) is -1.96. The minimum atomic E-state index is -0.875. The minimum absolute atomic E-state index is 0.120. The number of carboxylic acids is 1. The minimum Gasteiger partial charge on any atom is -0.481 e. The maximum absolute atomic E-state index is 11.8. The number of hydrogen-bond acceptors (Lipinski definition) is 2. The molecule has 0 saturated heterocycles. The predicted octanol–water partition coefficient (Wildman–Crippen LogP) is 1.57. The van der Waals surface area contributed by atoms with E-state index in [-0.39, 0.29) is 5.91 Å². The third-order valence-electron chi connectivity index (χ3n) is 2.92. The summed E-state index contributed by atoms with van der Waals surface area (Å²) in [4.78, 5) is 22.8. The molecule has 1 amide bonds. The van der Waals surface area contributed by atoms with Gasteiger partial charge in [0.25, 0.3) is 0 Å². The Labute approximate surface area is 95.7 Å². The van der Waals surface area contributed by atoms with Crippen LogP contribution in [0.3, 0.4) is 0 Å². The Balaban J connectivity index is 2.52. The van der Waals surface area contributed by atoms with Crippen LogP contribution in [0.2, 0.25) is 0 Å². The molecule has 0 aromatic carbocycles. The normalized spacial score (nSPS) is 24.1. The highest BCUT2D eigenvalue weighted by atomic mass is 16.4. The van der Waals surface area contributed by atoms with Gasteiger partial charge in [-0.25, -0.2) is 0 Å².